The third kappa shape index (κ3) is 2.77. The molecule has 0 radical (unpaired) electrons. The molecule has 0 fully saturated rings. The Balaban J connectivity index is 2.44. The van der Waals surface area contributed by atoms with E-state index < -0.39 is 0 Å². The first-order valence-electron chi connectivity index (χ1n) is 5.59. The summed E-state index contributed by atoms with van der Waals surface area (Å²) < 4.78 is 14.2. The standard InChI is InChI=1S/C14H14BrFN2/c1-9-2-4-10(5-3-9)14(18-17)12-8-11(16)6-7-13(12)15/h2-8,14,18H,17H2,1H3. The van der Waals surface area contributed by atoms with Crippen LogP contribution in [0.3, 0.4) is 0 Å². The lowest BCUT2D eigenvalue weighted by atomic mass is 9.98. The second kappa shape index (κ2) is 5.61. The highest BCUT2D eigenvalue weighted by Gasteiger charge is 2.15. The monoisotopic (exact) mass is 308 g/mol. The number of hydrogen-bond donors (Lipinski definition) is 2. The molecule has 1 unspecified atom stereocenters. The SMILES string of the molecule is Cc1ccc(C(NN)c2cc(F)ccc2Br)cc1. The van der Waals surface area contributed by atoms with E-state index in [4.69, 9.17) is 5.84 Å². The summed E-state index contributed by atoms with van der Waals surface area (Å²) in [5.41, 5.74) is 5.67. The van der Waals surface area contributed by atoms with E-state index in [9.17, 15) is 4.39 Å². The summed E-state index contributed by atoms with van der Waals surface area (Å²) in [7, 11) is 0. The molecule has 2 aromatic rings. The molecular weight excluding hydrogens is 295 g/mol. The fourth-order valence-corrected chi connectivity index (χ4v) is 2.34. The molecule has 0 heterocycles. The van der Waals surface area contributed by atoms with E-state index in [2.05, 4.69) is 21.4 Å². The van der Waals surface area contributed by atoms with E-state index in [1.54, 1.807) is 6.07 Å². The van der Waals surface area contributed by atoms with Crippen LogP contribution in [0.25, 0.3) is 0 Å². The van der Waals surface area contributed by atoms with Crippen molar-refractivity contribution in [3.63, 3.8) is 0 Å². The molecule has 0 bridgehead atoms. The zero-order valence-corrected chi connectivity index (χ0v) is 11.5. The molecule has 0 saturated carbocycles. The zero-order valence-electron chi connectivity index (χ0n) is 9.95. The minimum Gasteiger partial charge on any atom is -0.271 e. The molecule has 0 aliphatic carbocycles. The average Bonchev–Trinajstić information content (AvgIpc) is 2.37. The number of aryl methyl sites for hydroxylation is 1. The molecule has 3 N–H and O–H groups in total. The summed E-state index contributed by atoms with van der Waals surface area (Å²) in [6, 6.07) is 12.3. The molecule has 94 valence electrons. The molecular formula is C14H14BrFN2. The molecule has 2 aromatic carbocycles. The fourth-order valence-electron chi connectivity index (χ4n) is 1.86. The number of nitrogens with one attached hydrogen (secondary N) is 1. The molecule has 2 rings (SSSR count). The van der Waals surface area contributed by atoms with Gasteiger partial charge in [-0.2, -0.15) is 0 Å². The van der Waals surface area contributed by atoms with Crippen LogP contribution >= 0.6 is 15.9 Å². The highest BCUT2D eigenvalue weighted by atomic mass is 79.9. The number of nitrogens with two attached hydrogens (primary N) is 1. The minimum absolute atomic E-state index is 0.240. The van der Waals surface area contributed by atoms with Crippen molar-refractivity contribution in [1.82, 2.24) is 5.43 Å². The van der Waals surface area contributed by atoms with Gasteiger partial charge in [0.25, 0.3) is 0 Å². The van der Waals surface area contributed by atoms with Crippen LogP contribution in [0.15, 0.2) is 46.9 Å². The highest BCUT2D eigenvalue weighted by molar-refractivity contribution is 9.10. The largest absolute Gasteiger partial charge is 0.271 e. The number of rotatable bonds is 3. The van der Waals surface area contributed by atoms with Gasteiger partial charge in [-0.05, 0) is 36.2 Å². The van der Waals surface area contributed by atoms with Crippen molar-refractivity contribution in [2.75, 3.05) is 0 Å². The highest BCUT2D eigenvalue weighted by Crippen LogP contribution is 2.28. The fraction of sp³-hybridized carbons (Fsp3) is 0.143. The molecule has 18 heavy (non-hydrogen) atoms. The summed E-state index contributed by atoms with van der Waals surface area (Å²) in [6.07, 6.45) is 0. The van der Waals surface area contributed by atoms with Gasteiger partial charge >= 0.3 is 0 Å². The molecule has 0 amide bonds. The maximum Gasteiger partial charge on any atom is 0.123 e. The smallest absolute Gasteiger partial charge is 0.123 e. The Morgan fingerprint density at radius 1 is 1.17 bits per heavy atom. The first-order chi connectivity index (χ1) is 8.61. The maximum atomic E-state index is 13.3. The van der Waals surface area contributed by atoms with Gasteiger partial charge < -0.3 is 0 Å². The van der Waals surface area contributed by atoms with Crippen molar-refractivity contribution in [3.8, 4) is 0 Å². The second-order valence-corrected chi connectivity index (χ2v) is 5.03. The predicted molar refractivity (Wildman–Crippen MR) is 74.4 cm³/mol. The van der Waals surface area contributed by atoms with Gasteiger partial charge in [-0.1, -0.05) is 45.8 Å². The Kier molecular flexibility index (Phi) is 4.11. The third-order valence-electron chi connectivity index (χ3n) is 2.85. The van der Waals surface area contributed by atoms with Crippen LogP contribution in [0.2, 0.25) is 0 Å². The first kappa shape index (κ1) is 13.2. The van der Waals surface area contributed by atoms with Gasteiger partial charge in [0.2, 0.25) is 0 Å². The summed E-state index contributed by atoms with van der Waals surface area (Å²) in [5.74, 6) is 5.32. The summed E-state index contributed by atoms with van der Waals surface area (Å²) in [5, 5.41) is 0. The maximum absolute atomic E-state index is 13.3. The molecule has 2 nitrogen and oxygen atoms in total. The van der Waals surface area contributed by atoms with Gasteiger partial charge in [0, 0.05) is 4.47 Å². The molecule has 0 aromatic heterocycles. The first-order valence-corrected chi connectivity index (χ1v) is 6.39. The van der Waals surface area contributed by atoms with E-state index in [0.717, 1.165) is 15.6 Å². The van der Waals surface area contributed by atoms with E-state index in [1.165, 1.54) is 17.7 Å². The third-order valence-corrected chi connectivity index (χ3v) is 3.57. The predicted octanol–water partition coefficient (Wildman–Crippen LogP) is 3.45. The van der Waals surface area contributed by atoms with Crippen molar-refractivity contribution < 1.29 is 4.39 Å². The lowest BCUT2D eigenvalue weighted by Gasteiger charge is -2.18. The Hall–Kier alpha value is -1.23. The molecule has 0 aliphatic heterocycles. The van der Waals surface area contributed by atoms with Gasteiger partial charge in [0.15, 0.2) is 0 Å². The topological polar surface area (TPSA) is 38.0 Å². The minimum atomic E-state index is -0.277. The van der Waals surface area contributed by atoms with Crippen LogP contribution in [-0.2, 0) is 0 Å². The summed E-state index contributed by atoms with van der Waals surface area (Å²) in [6.45, 7) is 2.02. The molecule has 1 atom stereocenters. The van der Waals surface area contributed by atoms with Crippen LogP contribution in [-0.4, -0.2) is 0 Å². The van der Waals surface area contributed by atoms with Crippen LogP contribution in [0.1, 0.15) is 22.7 Å². The quantitative estimate of drug-likeness (QED) is 0.673. The van der Waals surface area contributed by atoms with Crippen molar-refractivity contribution in [3.05, 3.63) is 69.4 Å². The number of hydrazine groups is 1. The zero-order chi connectivity index (χ0) is 13.1. The number of hydrogen-bond acceptors (Lipinski definition) is 2. The van der Waals surface area contributed by atoms with Crippen LogP contribution in [0.5, 0.6) is 0 Å². The van der Waals surface area contributed by atoms with Crippen molar-refractivity contribution in [1.29, 1.82) is 0 Å². The normalized spacial score (nSPS) is 12.4. The molecule has 4 heteroatoms. The lowest BCUT2D eigenvalue weighted by molar-refractivity contribution is 0.603. The van der Waals surface area contributed by atoms with Crippen molar-refractivity contribution >= 4 is 15.9 Å². The van der Waals surface area contributed by atoms with Crippen LogP contribution in [0, 0.1) is 12.7 Å². The van der Waals surface area contributed by atoms with Gasteiger partial charge in [0.05, 0.1) is 6.04 Å². The van der Waals surface area contributed by atoms with E-state index in [1.807, 2.05) is 31.2 Å². The lowest BCUT2D eigenvalue weighted by Crippen LogP contribution is -2.29. The van der Waals surface area contributed by atoms with Crippen LogP contribution < -0.4 is 11.3 Å². The van der Waals surface area contributed by atoms with E-state index in [0.29, 0.717) is 0 Å². The van der Waals surface area contributed by atoms with Gasteiger partial charge in [-0.15, -0.1) is 0 Å². The Bertz CT molecular complexity index is 540. The molecule has 0 aliphatic rings. The number of benzene rings is 2. The molecule has 0 spiro atoms. The van der Waals surface area contributed by atoms with Crippen LogP contribution in [0.4, 0.5) is 4.39 Å². The van der Waals surface area contributed by atoms with Gasteiger partial charge in [0.1, 0.15) is 5.82 Å². The van der Waals surface area contributed by atoms with Gasteiger partial charge in [-0.3, -0.25) is 5.84 Å². The summed E-state index contributed by atoms with van der Waals surface area (Å²) in [4.78, 5) is 0. The Labute approximate surface area is 114 Å². The van der Waals surface area contributed by atoms with E-state index in [-0.39, 0.29) is 11.9 Å². The van der Waals surface area contributed by atoms with Gasteiger partial charge in [-0.25, -0.2) is 9.82 Å². The Morgan fingerprint density at radius 3 is 2.44 bits per heavy atom. The number of halogens is 2. The Morgan fingerprint density at radius 2 is 1.83 bits per heavy atom. The van der Waals surface area contributed by atoms with Crippen molar-refractivity contribution in [2.45, 2.75) is 13.0 Å². The summed E-state index contributed by atoms with van der Waals surface area (Å²) >= 11 is 3.42. The average molecular weight is 309 g/mol. The molecule has 0 saturated heterocycles. The van der Waals surface area contributed by atoms with Crippen molar-refractivity contribution in [2.24, 2.45) is 5.84 Å². The second-order valence-electron chi connectivity index (χ2n) is 4.18. The van der Waals surface area contributed by atoms with E-state index >= 15 is 0 Å².